The average Bonchev–Trinajstić information content (AvgIpc) is 2.25. The van der Waals surface area contributed by atoms with Crippen molar-refractivity contribution in [3.63, 3.8) is 0 Å². The van der Waals surface area contributed by atoms with Crippen LogP contribution in [0.15, 0.2) is 22.6 Å². The first-order chi connectivity index (χ1) is 8.91. The molecule has 20 heavy (non-hydrogen) atoms. The number of halogens is 3. The van der Waals surface area contributed by atoms with Gasteiger partial charge in [0.15, 0.2) is 0 Å². The summed E-state index contributed by atoms with van der Waals surface area (Å²) in [5, 5.41) is 0. The van der Waals surface area contributed by atoms with E-state index in [0.717, 1.165) is 12.1 Å². The molecule has 0 bridgehead atoms. The Morgan fingerprint density at radius 3 is 2.15 bits per heavy atom. The van der Waals surface area contributed by atoms with Gasteiger partial charge in [0.25, 0.3) is 0 Å². The molecule has 0 fully saturated rings. The predicted molar refractivity (Wildman–Crippen MR) is 76.3 cm³/mol. The maximum atomic E-state index is 12.8. The van der Waals surface area contributed by atoms with Crippen molar-refractivity contribution in [1.29, 1.82) is 0 Å². The van der Waals surface area contributed by atoms with Crippen molar-refractivity contribution in [2.75, 3.05) is 0 Å². The molecule has 1 atom stereocenters. The zero-order valence-electron chi connectivity index (χ0n) is 12.1. The molecule has 0 heterocycles. The van der Waals surface area contributed by atoms with Crippen LogP contribution in [0.3, 0.4) is 0 Å². The number of alkyl halides is 3. The van der Waals surface area contributed by atoms with E-state index in [9.17, 15) is 17.7 Å². The molecule has 0 N–H and O–H groups in total. The molecule has 0 unspecified atom stereocenters. The summed E-state index contributed by atoms with van der Waals surface area (Å²) in [6.45, 7) is 8.44. The topological polar surface area (TPSA) is 35.4 Å². The monoisotopic (exact) mass is 305 g/mol. The number of hydrogen-bond acceptors (Lipinski definition) is 2. The largest absolute Gasteiger partial charge is 0.591 e. The van der Waals surface area contributed by atoms with Gasteiger partial charge in [-0.3, -0.25) is 0 Å². The summed E-state index contributed by atoms with van der Waals surface area (Å²) in [7, 11) is 0. The van der Waals surface area contributed by atoms with Crippen molar-refractivity contribution in [3.8, 4) is 0 Å². The van der Waals surface area contributed by atoms with Gasteiger partial charge in [-0.25, -0.2) is 0 Å². The second-order valence-corrected chi connectivity index (χ2v) is 7.53. The number of benzene rings is 1. The van der Waals surface area contributed by atoms with Crippen LogP contribution in [-0.2, 0) is 17.5 Å². The molecule has 0 aromatic heterocycles. The molecule has 112 valence electrons. The van der Waals surface area contributed by atoms with E-state index in [1.807, 2.05) is 0 Å². The normalized spacial score (nSPS) is 15.3. The van der Waals surface area contributed by atoms with Crippen LogP contribution in [0.25, 0.3) is 0 Å². The second kappa shape index (κ2) is 5.77. The lowest BCUT2D eigenvalue weighted by molar-refractivity contribution is -0.137. The van der Waals surface area contributed by atoms with E-state index >= 15 is 0 Å². The standard InChI is InChI=1S/C14H18F3NOS/c1-9-6-11(8-12(7-9)14(15,16)17)10(2)18-20(19)13(3,4)5/h6-8H,1-5H3/t20-/m1/s1. The van der Waals surface area contributed by atoms with E-state index in [2.05, 4.69) is 4.40 Å². The van der Waals surface area contributed by atoms with Crippen LogP contribution >= 0.6 is 0 Å². The van der Waals surface area contributed by atoms with Crippen LogP contribution in [0.5, 0.6) is 0 Å². The van der Waals surface area contributed by atoms with Crippen LogP contribution in [0.2, 0.25) is 0 Å². The Bertz CT molecular complexity index is 518. The predicted octanol–water partition coefficient (Wildman–Crippen LogP) is 4.29. The third-order valence-electron chi connectivity index (χ3n) is 2.57. The highest BCUT2D eigenvalue weighted by Gasteiger charge is 2.31. The molecule has 6 heteroatoms. The molecule has 0 aliphatic rings. The molecule has 2 nitrogen and oxygen atoms in total. The van der Waals surface area contributed by atoms with Gasteiger partial charge in [0.1, 0.15) is 16.1 Å². The van der Waals surface area contributed by atoms with Crippen LogP contribution in [0.1, 0.15) is 44.4 Å². The highest BCUT2D eigenvalue weighted by Crippen LogP contribution is 2.31. The first-order valence-corrected chi connectivity index (χ1v) is 7.18. The van der Waals surface area contributed by atoms with Crippen molar-refractivity contribution in [2.45, 2.75) is 45.5 Å². The van der Waals surface area contributed by atoms with Crippen LogP contribution in [0.4, 0.5) is 13.2 Å². The van der Waals surface area contributed by atoms with E-state index < -0.39 is 27.8 Å². The molecule has 0 aliphatic heterocycles. The van der Waals surface area contributed by atoms with Gasteiger partial charge in [-0.15, -0.1) is 0 Å². The molecule has 0 aliphatic carbocycles. The first-order valence-electron chi connectivity index (χ1n) is 6.08. The summed E-state index contributed by atoms with van der Waals surface area (Å²) in [4.78, 5) is 0. The van der Waals surface area contributed by atoms with Crippen LogP contribution < -0.4 is 0 Å². The van der Waals surface area contributed by atoms with Crippen molar-refractivity contribution in [2.24, 2.45) is 4.40 Å². The molecule has 0 radical (unpaired) electrons. The molecule has 0 saturated heterocycles. The molecule has 0 spiro atoms. The minimum Gasteiger partial charge on any atom is -0.591 e. The Morgan fingerprint density at radius 2 is 1.70 bits per heavy atom. The summed E-state index contributed by atoms with van der Waals surface area (Å²) in [6, 6.07) is 3.72. The Kier molecular flexibility index (Phi) is 4.92. The van der Waals surface area contributed by atoms with Gasteiger partial charge in [0, 0.05) is 5.56 Å². The molecule has 0 saturated carbocycles. The SMILES string of the molecule is CC(=N[S@+]([O-])C(C)(C)C)c1cc(C)cc(C(F)(F)F)c1. The molecule has 1 aromatic rings. The number of hydrogen-bond donors (Lipinski definition) is 0. The highest BCUT2D eigenvalue weighted by atomic mass is 32.2. The van der Waals surface area contributed by atoms with E-state index in [1.54, 1.807) is 40.7 Å². The molecular weight excluding hydrogens is 287 g/mol. The molecule has 0 amide bonds. The summed E-state index contributed by atoms with van der Waals surface area (Å²) >= 11 is -1.50. The van der Waals surface area contributed by atoms with E-state index in [0.29, 0.717) is 16.8 Å². The fourth-order valence-electron chi connectivity index (χ4n) is 1.47. The Morgan fingerprint density at radius 1 is 1.15 bits per heavy atom. The zero-order chi connectivity index (χ0) is 15.7. The summed E-state index contributed by atoms with van der Waals surface area (Å²) < 4.78 is 53.7. The van der Waals surface area contributed by atoms with Gasteiger partial charge >= 0.3 is 6.18 Å². The van der Waals surface area contributed by atoms with Crippen molar-refractivity contribution in [3.05, 3.63) is 34.9 Å². The van der Waals surface area contributed by atoms with Gasteiger partial charge in [-0.1, -0.05) is 10.5 Å². The average molecular weight is 305 g/mol. The first kappa shape index (κ1) is 17.0. The van der Waals surface area contributed by atoms with Gasteiger partial charge < -0.3 is 4.55 Å². The van der Waals surface area contributed by atoms with Gasteiger partial charge in [0.05, 0.1) is 11.3 Å². The third-order valence-corrected chi connectivity index (χ3v) is 4.05. The smallest absolute Gasteiger partial charge is 0.416 e. The van der Waals surface area contributed by atoms with Crippen LogP contribution in [-0.4, -0.2) is 15.0 Å². The summed E-state index contributed by atoms with van der Waals surface area (Å²) in [6.07, 6.45) is -4.40. The van der Waals surface area contributed by atoms with E-state index in [-0.39, 0.29) is 0 Å². The fourth-order valence-corrected chi connectivity index (χ4v) is 2.10. The van der Waals surface area contributed by atoms with Gasteiger partial charge in [0.2, 0.25) is 0 Å². The maximum absolute atomic E-state index is 12.8. The molecular formula is C14H18F3NOS. The molecule has 1 rings (SSSR count). The summed E-state index contributed by atoms with van der Waals surface area (Å²) in [5.74, 6) is 0. The van der Waals surface area contributed by atoms with E-state index in [4.69, 9.17) is 0 Å². The van der Waals surface area contributed by atoms with E-state index in [1.165, 1.54) is 0 Å². The summed E-state index contributed by atoms with van der Waals surface area (Å²) in [5.41, 5.74) is 0.455. The minimum atomic E-state index is -4.40. The quantitative estimate of drug-likeness (QED) is 0.593. The fraction of sp³-hybridized carbons (Fsp3) is 0.500. The molecule has 1 aromatic carbocycles. The Labute approximate surface area is 120 Å². The minimum absolute atomic E-state index is 0.340. The lowest BCUT2D eigenvalue weighted by Crippen LogP contribution is -2.26. The van der Waals surface area contributed by atoms with Gasteiger partial charge in [-0.05, 0) is 52.3 Å². The second-order valence-electron chi connectivity index (χ2n) is 5.62. The maximum Gasteiger partial charge on any atom is 0.416 e. The number of rotatable bonds is 2. The van der Waals surface area contributed by atoms with Crippen molar-refractivity contribution < 1.29 is 17.7 Å². The number of nitrogens with zero attached hydrogens (tertiary/aromatic N) is 1. The Hall–Kier alpha value is -1.01. The lowest BCUT2D eigenvalue weighted by Gasteiger charge is -2.19. The van der Waals surface area contributed by atoms with Crippen molar-refractivity contribution in [1.82, 2.24) is 0 Å². The lowest BCUT2D eigenvalue weighted by atomic mass is 10.0. The number of aryl methyl sites for hydroxylation is 1. The third kappa shape index (κ3) is 4.52. The van der Waals surface area contributed by atoms with Gasteiger partial charge in [-0.2, -0.15) is 13.2 Å². The van der Waals surface area contributed by atoms with Crippen molar-refractivity contribution >= 4 is 17.1 Å². The zero-order valence-corrected chi connectivity index (χ0v) is 12.9. The highest BCUT2D eigenvalue weighted by molar-refractivity contribution is 7.91. The Balaban J connectivity index is 3.20. The van der Waals surface area contributed by atoms with Crippen LogP contribution in [0, 0.1) is 6.92 Å².